The van der Waals surface area contributed by atoms with Gasteiger partial charge in [-0.15, -0.1) is 11.3 Å². The molecule has 0 atom stereocenters. The minimum Gasteiger partial charge on any atom is -0.315 e. The minimum absolute atomic E-state index is 0.493. The first kappa shape index (κ1) is 11.8. The van der Waals surface area contributed by atoms with Crippen LogP contribution in [0.1, 0.15) is 30.3 Å². The summed E-state index contributed by atoms with van der Waals surface area (Å²) in [5.41, 5.74) is 2.49. The van der Waals surface area contributed by atoms with Crippen LogP contribution in [0.4, 0.5) is 0 Å². The van der Waals surface area contributed by atoms with Gasteiger partial charge in [-0.3, -0.25) is 0 Å². The molecule has 4 heteroatoms. The van der Waals surface area contributed by atoms with Crippen LogP contribution in [0.2, 0.25) is 0 Å². The molecule has 2 rings (SSSR count). The second kappa shape index (κ2) is 5.08. The summed E-state index contributed by atoms with van der Waals surface area (Å²) in [5.74, 6) is 0.493. The highest BCUT2D eigenvalue weighted by atomic mass is 32.1. The highest BCUT2D eigenvalue weighted by molar-refractivity contribution is 7.15. The molecule has 1 N–H and O–H groups in total. The molecule has 2 aromatic rings. The zero-order valence-corrected chi connectivity index (χ0v) is 11.4. The van der Waals surface area contributed by atoms with Crippen LogP contribution in [0.25, 0.3) is 10.6 Å². The lowest BCUT2D eigenvalue weighted by Gasteiger charge is -2.03. The second-order valence-corrected chi connectivity index (χ2v) is 5.89. The van der Waals surface area contributed by atoms with E-state index in [1.165, 1.54) is 16.1 Å². The Balaban J connectivity index is 2.38. The molecule has 0 aliphatic heterocycles. The fraction of sp³-hybridized carbons (Fsp3) is 0.417. The van der Waals surface area contributed by atoms with E-state index in [9.17, 15) is 0 Å². The lowest BCUT2D eigenvalue weighted by atomic mass is 10.1. The van der Waals surface area contributed by atoms with Crippen molar-refractivity contribution in [1.29, 1.82) is 0 Å². The molecule has 0 aliphatic rings. The highest BCUT2D eigenvalue weighted by Crippen LogP contribution is 2.32. The number of nitrogens with zero attached hydrogens (tertiary/aromatic N) is 1. The van der Waals surface area contributed by atoms with Crippen molar-refractivity contribution in [2.24, 2.45) is 0 Å². The molecule has 2 aromatic heterocycles. The molecule has 0 aromatic carbocycles. The summed E-state index contributed by atoms with van der Waals surface area (Å²) in [6, 6.07) is 2.14. The molecule has 2 heterocycles. The summed E-state index contributed by atoms with van der Waals surface area (Å²) in [6.07, 6.45) is 0. The molecule has 0 saturated heterocycles. The summed E-state index contributed by atoms with van der Waals surface area (Å²) in [4.78, 5) is 6.12. The van der Waals surface area contributed by atoms with E-state index in [1.807, 2.05) is 7.05 Å². The molecule has 16 heavy (non-hydrogen) atoms. The topological polar surface area (TPSA) is 24.9 Å². The molecule has 0 bridgehead atoms. The first-order valence-electron chi connectivity index (χ1n) is 5.39. The Labute approximate surface area is 104 Å². The first-order valence-corrected chi connectivity index (χ1v) is 7.15. The van der Waals surface area contributed by atoms with Crippen LogP contribution in [0.15, 0.2) is 16.8 Å². The molecule has 0 unspecified atom stereocenters. The van der Waals surface area contributed by atoms with E-state index in [0.717, 1.165) is 11.6 Å². The SMILES string of the molecule is CNCc1sc(-c2ccsc2)nc1C(C)C. The van der Waals surface area contributed by atoms with Crippen molar-refractivity contribution in [3.05, 3.63) is 27.4 Å². The van der Waals surface area contributed by atoms with Crippen LogP contribution >= 0.6 is 22.7 Å². The quantitative estimate of drug-likeness (QED) is 0.897. The van der Waals surface area contributed by atoms with Crippen LogP contribution in [0, 0.1) is 0 Å². The maximum Gasteiger partial charge on any atom is 0.124 e. The molecule has 0 aliphatic carbocycles. The standard InChI is InChI=1S/C12H16N2S2/c1-8(2)11-10(6-13-3)16-12(14-11)9-4-5-15-7-9/h4-5,7-8,13H,6H2,1-3H3. The third-order valence-electron chi connectivity index (χ3n) is 2.38. The zero-order chi connectivity index (χ0) is 11.5. The van der Waals surface area contributed by atoms with Gasteiger partial charge in [-0.25, -0.2) is 4.98 Å². The molecule has 86 valence electrons. The monoisotopic (exact) mass is 252 g/mol. The van der Waals surface area contributed by atoms with Gasteiger partial charge in [-0.1, -0.05) is 13.8 Å². The molecular formula is C12H16N2S2. The van der Waals surface area contributed by atoms with Gasteiger partial charge < -0.3 is 5.32 Å². The fourth-order valence-corrected chi connectivity index (χ4v) is 3.55. The number of rotatable bonds is 4. The van der Waals surface area contributed by atoms with Crippen LogP contribution in [0.5, 0.6) is 0 Å². The van der Waals surface area contributed by atoms with Crippen molar-refractivity contribution in [3.63, 3.8) is 0 Å². The second-order valence-electron chi connectivity index (χ2n) is 4.02. The van der Waals surface area contributed by atoms with Gasteiger partial charge in [0.25, 0.3) is 0 Å². The van der Waals surface area contributed by atoms with E-state index in [-0.39, 0.29) is 0 Å². The van der Waals surface area contributed by atoms with Gasteiger partial charge in [-0.2, -0.15) is 11.3 Å². The van der Waals surface area contributed by atoms with Crippen LogP contribution in [-0.2, 0) is 6.54 Å². The van der Waals surface area contributed by atoms with E-state index in [2.05, 4.69) is 36.0 Å². The smallest absolute Gasteiger partial charge is 0.124 e. The average Bonchev–Trinajstić information content (AvgIpc) is 2.83. The Hall–Kier alpha value is -0.710. The van der Waals surface area contributed by atoms with Gasteiger partial charge in [0.1, 0.15) is 5.01 Å². The molecule has 2 nitrogen and oxygen atoms in total. The van der Waals surface area contributed by atoms with Crippen molar-refractivity contribution in [2.75, 3.05) is 7.05 Å². The summed E-state index contributed by atoms with van der Waals surface area (Å²) >= 11 is 3.53. The van der Waals surface area contributed by atoms with E-state index >= 15 is 0 Å². The van der Waals surface area contributed by atoms with E-state index in [1.54, 1.807) is 22.7 Å². The molecule has 0 fully saturated rings. The average molecular weight is 252 g/mol. The predicted molar refractivity (Wildman–Crippen MR) is 72.3 cm³/mol. The number of nitrogens with one attached hydrogen (secondary N) is 1. The Morgan fingerprint density at radius 3 is 2.81 bits per heavy atom. The maximum atomic E-state index is 4.76. The summed E-state index contributed by atoms with van der Waals surface area (Å²) in [5, 5.41) is 8.62. The molecule has 0 spiro atoms. The zero-order valence-electron chi connectivity index (χ0n) is 9.78. The highest BCUT2D eigenvalue weighted by Gasteiger charge is 2.14. The van der Waals surface area contributed by atoms with Gasteiger partial charge in [0.05, 0.1) is 5.69 Å². The van der Waals surface area contributed by atoms with E-state index in [0.29, 0.717) is 5.92 Å². The normalized spacial score (nSPS) is 11.2. The van der Waals surface area contributed by atoms with Crippen molar-refractivity contribution >= 4 is 22.7 Å². The van der Waals surface area contributed by atoms with Gasteiger partial charge in [0.2, 0.25) is 0 Å². The predicted octanol–water partition coefficient (Wildman–Crippen LogP) is 3.71. The van der Waals surface area contributed by atoms with Gasteiger partial charge >= 0.3 is 0 Å². The lowest BCUT2D eigenvalue weighted by Crippen LogP contribution is -2.06. The van der Waals surface area contributed by atoms with Crippen LogP contribution in [0.3, 0.4) is 0 Å². The van der Waals surface area contributed by atoms with E-state index < -0.39 is 0 Å². The van der Waals surface area contributed by atoms with Gasteiger partial charge in [0, 0.05) is 22.4 Å². The van der Waals surface area contributed by atoms with Gasteiger partial charge in [0.15, 0.2) is 0 Å². The van der Waals surface area contributed by atoms with Gasteiger partial charge in [-0.05, 0) is 24.4 Å². The molecule has 0 amide bonds. The van der Waals surface area contributed by atoms with Crippen LogP contribution in [-0.4, -0.2) is 12.0 Å². The van der Waals surface area contributed by atoms with Crippen LogP contribution < -0.4 is 5.32 Å². The summed E-state index contributed by atoms with van der Waals surface area (Å²) in [6.45, 7) is 5.31. The van der Waals surface area contributed by atoms with Crippen molar-refractivity contribution in [3.8, 4) is 10.6 Å². The largest absolute Gasteiger partial charge is 0.315 e. The first-order chi connectivity index (χ1) is 7.72. The molecular weight excluding hydrogens is 236 g/mol. The van der Waals surface area contributed by atoms with Crippen molar-refractivity contribution < 1.29 is 0 Å². The number of thiazole rings is 1. The number of thiophene rings is 1. The minimum atomic E-state index is 0.493. The number of hydrogen-bond acceptors (Lipinski definition) is 4. The Bertz CT molecular complexity index is 444. The number of hydrogen-bond donors (Lipinski definition) is 1. The number of aromatic nitrogens is 1. The molecule has 0 radical (unpaired) electrons. The third kappa shape index (κ3) is 2.34. The van der Waals surface area contributed by atoms with E-state index in [4.69, 9.17) is 4.98 Å². The van der Waals surface area contributed by atoms with Crippen molar-refractivity contribution in [2.45, 2.75) is 26.3 Å². The Morgan fingerprint density at radius 1 is 1.44 bits per heavy atom. The summed E-state index contributed by atoms with van der Waals surface area (Å²) in [7, 11) is 1.98. The molecule has 0 saturated carbocycles. The lowest BCUT2D eigenvalue weighted by molar-refractivity contribution is 0.771. The Morgan fingerprint density at radius 2 is 2.25 bits per heavy atom. The Kier molecular flexibility index (Phi) is 3.74. The third-order valence-corrected chi connectivity index (χ3v) is 4.18. The fourth-order valence-electron chi connectivity index (χ4n) is 1.61. The van der Waals surface area contributed by atoms with Crippen molar-refractivity contribution in [1.82, 2.24) is 10.3 Å². The maximum absolute atomic E-state index is 4.76. The summed E-state index contributed by atoms with van der Waals surface area (Å²) < 4.78 is 0.